The molecule has 1 aromatic rings. The fraction of sp³-hybridized carbons (Fsp3) is 0.438. The van der Waals surface area contributed by atoms with Crippen molar-refractivity contribution < 1.29 is 18.3 Å². The summed E-state index contributed by atoms with van der Waals surface area (Å²) in [6, 6.07) is 1.39. The van der Waals surface area contributed by atoms with Gasteiger partial charge in [0.15, 0.2) is 11.6 Å². The number of halogens is 3. The summed E-state index contributed by atoms with van der Waals surface area (Å²) in [7, 11) is 0. The zero-order valence-corrected chi connectivity index (χ0v) is 12.6. The first-order valence-corrected chi connectivity index (χ1v) is 7.46. The number of alkyl halides is 1. The molecule has 0 radical (unpaired) electrons. The highest BCUT2D eigenvalue weighted by molar-refractivity contribution is 6.21. The molecule has 0 saturated heterocycles. The minimum Gasteiger partial charge on any atom is -0.478 e. The molecule has 0 heterocycles. The van der Waals surface area contributed by atoms with E-state index >= 15 is 0 Å². The largest absolute Gasteiger partial charge is 0.478 e. The maximum Gasteiger partial charge on any atom is 0.254 e. The van der Waals surface area contributed by atoms with E-state index in [0.29, 0.717) is 0 Å². The number of benzene rings is 1. The smallest absolute Gasteiger partial charge is 0.254 e. The molecule has 1 aromatic carbocycles. The van der Waals surface area contributed by atoms with E-state index < -0.39 is 17.5 Å². The maximum absolute atomic E-state index is 14.0. The molecule has 2 atom stereocenters. The van der Waals surface area contributed by atoms with Gasteiger partial charge in [-0.1, -0.05) is 18.8 Å². The van der Waals surface area contributed by atoms with Crippen molar-refractivity contribution in [1.29, 1.82) is 0 Å². The zero-order chi connectivity index (χ0) is 16.1. The Hall–Kier alpha value is -1.80. The number of hydrogen-bond donors (Lipinski definition) is 1. The van der Waals surface area contributed by atoms with Gasteiger partial charge in [-0.15, -0.1) is 18.0 Å². The average Bonchev–Trinajstić information content (AvgIpc) is 2.50. The molecule has 1 aliphatic carbocycles. The molecule has 1 fully saturated rings. The fourth-order valence-corrected chi connectivity index (χ4v) is 2.77. The molecule has 1 N–H and O–H groups in total. The Morgan fingerprint density at radius 3 is 2.77 bits per heavy atom. The van der Waals surface area contributed by atoms with Crippen molar-refractivity contribution >= 4 is 17.5 Å². The van der Waals surface area contributed by atoms with Gasteiger partial charge in [-0.2, -0.15) is 0 Å². The molecule has 3 nitrogen and oxygen atoms in total. The van der Waals surface area contributed by atoms with Crippen molar-refractivity contribution in [3.05, 3.63) is 29.3 Å². The molecule has 22 heavy (non-hydrogen) atoms. The highest BCUT2D eigenvalue weighted by Crippen LogP contribution is 2.25. The van der Waals surface area contributed by atoms with Gasteiger partial charge in [0, 0.05) is 12.1 Å². The van der Waals surface area contributed by atoms with Crippen molar-refractivity contribution in [3.8, 4) is 18.1 Å². The number of ether oxygens (including phenoxy) is 1. The molecule has 0 aliphatic heterocycles. The van der Waals surface area contributed by atoms with Gasteiger partial charge in [-0.3, -0.25) is 4.79 Å². The third-order valence-corrected chi connectivity index (χ3v) is 4.10. The topological polar surface area (TPSA) is 38.3 Å². The second-order valence-corrected chi connectivity index (χ2v) is 5.70. The molecule has 1 saturated carbocycles. The Balaban J connectivity index is 2.12. The monoisotopic (exact) mass is 327 g/mol. The molecule has 1 aliphatic rings. The highest BCUT2D eigenvalue weighted by atomic mass is 35.5. The Morgan fingerprint density at radius 1 is 1.36 bits per heavy atom. The van der Waals surface area contributed by atoms with Crippen LogP contribution >= 0.6 is 11.6 Å². The van der Waals surface area contributed by atoms with Gasteiger partial charge in [-0.05, 0) is 18.9 Å². The van der Waals surface area contributed by atoms with Crippen LogP contribution in [0.4, 0.5) is 8.78 Å². The van der Waals surface area contributed by atoms with E-state index in [1.807, 2.05) is 0 Å². The number of carbonyl (C=O) groups excluding carboxylic acids is 1. The predicted octanol–water partition coefficient (Wildman–Crippen LogP) is 3.26. The first-order valence-electron chi connectivity index (χ1n) is 7.03. The van der Waals surface area contributed by atoms with Gasteiger partial charge in [0.2, 0.25) is 0 Å². The van der Waals surface area contributed by atoms with Crippen molar-refractivity contribution in [2.45, 2.75) is 37.1 Å². The lowest BCUT2D eigenvalue weighted by Crippen LogP contribution is -2.43. The molecular weight excluding hydrogens is 312 g/mol. The van der Waals surface area contributed by atoms with E-state index in [9.17, 15) is 13.6 Å². The van der Waals surface area contributed by atoms with E-state index in [2.05, 4.69) is 11.2 Å². The first-order chi connectivity index (χ1) is 10.5. The lowest BCUT2D eigenvalue weighted by atomic mass is 9.94. The average molecular weight is 328 g/mol. The maximum atomic E-state index is 14.0. The van der Waals surface area contributed by atoms with Gasteiger partial charge < -0.3 is 10.1 Å². The quantitative estimate of drug-likeness (QED) is 0.681. The van der Waals surface area contributed by atoms with Gasteiger partial charge in [0.05, 0.1) is 10.9 Å². The van der Waals surface area contributed by atoms with Crippen LogP contribution in [0.15, 0.2) is 12.1 Å². The Kier molecular flexibility index (Phi) is 5.62. The van der Waals surface area contributed by atoms with Crippen LogP contribution in [-0.2, 0) is 0 Å². The van der Waals surface area contributed by atoms with Crippen molar-refractivity contribution in [3.63, 3.8) is 0 Å². The van der Waals surface area contributed by atoms with E-state index in [1.165, 1.54) is 0 Å². The standard InChI is InChI=1S/C16H16ClF2NO2/c1-2-7-22-15-9-12(18)10(8-13(15)19)16(21)20-14-6-4-3-5-11(14)17/h1,8-9,11,14H,3-7H2,(H,20,21). The highest BCUT2D eigenvalue weighted by Gasteiger charge is 2.26. The molecule has 0 aromatic heterocycles. The summed E-state index contributed by atoms with van der Waals surface area (Å²) in [5.41, 5.74) is -0.375. The second kappa shape index (κ2) is 7.46. The lowest BCUT2D eigenvalue weighted by Gasteiger charge is -2.27. The Labute approximate surface area is 133 Å². The summed E-state index contributed by atoms with van der Waals surface area (Å²) in [5, 5.41) is 2.47. The van der Waals surface area contributed by atoms with Crippen LogP contribution in [-0.4, -0.2) is 23.9 Å². The van der Waals surface area contributed by atoms with Crippen LogP contribution < -0.4 is 10.1 Å². The van der Waals surface area contributed by atoms with Crippen LogP contribution in [0.3, 0.4) is 0 Å². The summed E-state index contributed by atoms with van der Waals surface area (Å²) in [4.78, 5) is 12.1. The third-order valence-electron chi connectivity index (χ3n) is 3.58. The number of carbonyl (C=O) groups is 1. The summed E-state index contributed by atoms with van der Waals surface area (Å²) < 4.78 is 32.6. The van der Waals surface area contributed by atoms with Crippen LogP contribution in [0.2, 0.25) is 0 Å². The summed E-state index contributed by atoms with van der Waals surface area (Å²) >= 11 is 6.15. The second-order valence-electron chi connectivity index (χ2n) is 5.14. The molecule has 0 spiro atoms. The Morgan fingerprint density at radius 2 is 2.09 bits per heavy atom. The number of hydrogen-bond acceptors (Lipinski definition) is 2. The SMILES string of the molecule is C#CCOc1cc(F)c(C(=O)NC2CCCCC2Cl)cc1F. The first kappa shape index (κ1) is 16.6. The number of rotatable bonds is 4. The Bertz CT molecular complexity index is 601. The number of terminal acetylenes is 1. The van der Waals surface area contributed by atoms with Crippen molar-refractivity contribution in [2.75, 3.05) is 6.61 Å². The van der Waals surface area contributed by atoms with E-state index in [0.717, 1.165) is 37.8 Å². The van der Waals surface area contributed by atoms with Gasteiger partial charge in [0.1, 0.15) is 12.4 Å². The minimum absolute atomic E-state index is 0.183. The van der Waals surface area contributed by atoms with Crippen molar-refractivity contribution in [1.82, 2.24) is 5.32 Å². The van der Waals surface area contributed by atoms with Crippen LogP contribution in [0.1, 0.15) is 36.0 Å². The molecular formula is C16H16ClF2NO2. The third kappa shape index (κ3) is 3.89. The van der Waals surface area contributed by atoms with Gasteiger partial charge >= 0.3 is 0 Å². The zero-order valence-electron chi connectivity index (χ0n) is 11.9. The molecule has 2 unspecified atom stereocenters. The summed E-state index contributed by atoms with van der Waals surface area (Å²) in [6.07, 6.45) is 8.47. The van der Waals surface area contributed by atoms with Crippen molar-refractivity contribution in [2.24, 2.45) is 0 Å². The van der Waals surface area contributed by atoms with Gasteiger partial charge in [0.25, 0.3) is 5.91 Å². The molecule has 2 rings (SSSR count). The van der Waals surface area contributed by atoms with Crippen LogP contribution in [0.25, 0.3) is 0 Å². The molecule has 0 bridgehead atoms. The summed E-state index contributed by atoms with van der Waals surface area (Å²) in [6.45, 7) is -0.183. The predicted molar refractivity (Wildman–Crippen MR) is 80.0 cm³/mol. The molecule has 1 amide bonds. The lowest BCUT2D eigenvalue weighted by molar-refractivity contribution is 0.0924. The normalized spacial score (nSPS) is 21.0. The minimum atomic E-state index is -0.868. The van der Waals surface area contributed by atoms with E-state index in [4.69, 9.17) is 22.8 Å². The number of nitrogens with one attached hydrogen (secondary N) is 1. The van der Waals surface area contributed by atoms with E-state index in [1.54, 1.807) is 0 Å². The van der Waals surface area contributed by atoms with Crippen LogP contribution in [0.5, 0.6) is 5.75 Å². The fourth-order valence-electron chi connectivity index (χ4n) is 2.43. The number of amides is 1. The summed E-state index contributed by atoms with van der Waals surface area (Å²) in [5.74, 6) is -0.556. The molecule has 6 heteroatoms. The van der Waals surface area contributed by atoms with E-state index in [-0.39, 0.29) is 29.3 Å². The van der Waals surface area contributed by atoms with Gasteiger partial charge in [-0.25, -0.2) is 8.78 Å². The van der Waals surface area contributed by atoms with Crippen LogP contribution in [0, 0.1) is 24.0 Å². The molecule has 118 valence electrons.